The highest BCUT2D eigenvalue weighted by Gasteiger charge is 2.24. The van der Waals surface area contributed by atoms with Gasteiger partial charge in [-0.3, -0.25) is 9.48 Å². The van der Waals surface area contributed by atoms with Gasteiger partial charge in [0.2, 0.25) is 0 Å². The van der Waals surface area contributed by atoms with E-state index in [1.54, 1.807) is 23.6 Å². The molecule has 2 N–H and O–H groups in total. The number of aromatic nitrogens is 2. The molecule has 2 rings (SSSR count). The Labute approximate surface area is 94.0 Å². The number of nitrogens with zero attached hydrogens (tertiary/aromatic N) is 3. The SMILES string of the molecule is Cc1nn(C)c(C(=O)N2CCOCC2)c1N. The Bertz CT molecular complexity index is 407. The predicted octanol–water partition coefficient (Wildman–Crippen LogP) is -0.217. The monoisotopic (exact) mass is 224 g/mol. The lowest BCUT2D eigenvalue weighted by Crippen LogP contribution is -2.41. The number of carbonyl (C=O) groups is 1. The first-order valence-electron chi connectivity index (χ1n) is 5.27. The molecule has 0 aliphatic carbocycles. The van der Waals surface area contributed by atoms with E-state index in [1.807, 2.05) is 0 Å². The van der Waals surface area contributed by atoms with E-state index in [0.717, 1.165) is 0 Å². The third-order valence-corrected chi connectivity index (χ3v) is 2.77. The molecule has 6 nitrogen and oxygen atoms in total. The Kier molecular flexibility index (Phi) is 2.82. The van der Waals surface area contributed by atoms with E-state index in [1.165, 1.54) is 0 Å². The topological polar surface area (TPSA) is 73.4 Å². The predicted molar refractivity (Wildman–Crippen MR) is 59.1 cm³/mol. The number of rotatable bonds is 1. The molecule has 2 heterocycles. The second kappa shape index (κ2) is 4.13. The van der Waals surface area contributed by atoms with Gasteiger partial charge in [0.25, 0.3) is 5.91 Å². The number of ether oxygens (including phenoxy) is 1. The van der Waals surface area contributed by atoms with Crippen molar-refractivity contribution in [3.05, 3.63) is 11.4 Å². The van der Waals surface area contributed by atoms with E-state index >= 15 is 0 Å². The first kappa shape index (κ1) is 10.9. The lowest BCUT2D eigenvalue weighted by Gasteiger charge is -2.26. The van der Waals surface area contributed by atoms with Crippen molar-refractivity contribution in [2.45, 2.75) is 6.92 Å². The van der Waals surface area contributed by atoms with Crippen LogP contribution in [0.25, 0.3) is 0 Å². The van der Waals surface area contributed by atoms with Gasteiger partial charge < -0.3 is 15.4 Å². The van der Waals surface area contributed by atoms with Crippen LogP contribution in [0.4, 0.5) is 5.69 Å². The standard InChI is InChI=1S/C10H16N4O2/c1-7-8(11)9(13(2)12-7)10(15)14-3-5-16-6-4-14/h3-6,11H2,1-2H3. The molecule has 0 unspecified atom stereocenters. The van der Waals surface area contributed by atoms with Gasteiger partial charge in [-0.2, -0.15) is 5.10 Å². The van der Waals surface area contributed by atoms with Crippen LogP contribution in [0, 0.1) is 6.92 Å². The van der Waals surface area contributed by atoms with Gasteiger partial charge in [-0.15, -0.1) is 0 Å². The van der Waals surface area contributed by atoms with Crippen molar-refractivity contribution >= 4 is 11.6 Å². The highest BCUT2D eigenvalue weighted by atomic mass is 16.5. The fourth-order valence-corrected chi connectivity index (χ4v) is 1.84. The highest BCUT2D eigenvalue weighted by molar-refractivity contribution is 5.98. The third kappa shape index (κ3) is 1.76. The van der Waals surface area contributed by atoms with Gasteiger partial charge in [0.1, 0.15) is 5.69 Å². The van der Waals surface area contributed by atoms with Crippen molar-refractivity contribution in [3.63, 3.8) is 0 Å². The van der Waals surface area contributed by atoms with Gasteiger partial charge in [0, 0.05) is 20.1 Å². The molecule has 1 aromatic heterocycles. The normalized spacial score (nSPS) is 16.5. The molecule has 88 valence electrons. The average Bonchev–Trinajstić information content (AvgIpc) is 2.54. The Hall–Kier alpha value is -1.56. The van der Waals surface area contributed by atoms with E-state index in [-0.39, 0.29) is 5.91 Å². The number of nitrogens with two attached hydrogens (primary N) is 1. The van der Waals surface area contributed by atoms with Crippen LogP contribution in [-0.4, -0.2) is 46.9 Å². The van der Waals surface area contributed by atoms with E-state index in [9.17, 15) is 4.79 Å². The largest absolute Gasteiger partial charge is 0.395 e. The molecule has 1 aromatic rings. The van der Waals surface area contributed by atoms with Crippen molar-refractivity contribution in [1.29, 1.82) is 0 Å². The van der Waals surface area contributed by atoms with E-state index in [4.69, 9.17) is 10.5 Å². The third-order valence-electron chi connectivity index (χ3n) is 2.77. The number of carbonyl (C=O) groups excluding carboxylic acids is 1. The Balaban J connectivity index is 2.25. The zero-order chi connectivity index (χ0) is 11.7. The van der Waals surface area contributed by atoms with Gasteiger partial charge >= 0.3 is 0 Å². The molecule has 1 amide bonds. The van der Waals surface area contributed by atoms with E-state index < -0.39 is 0 Å². The van der Waals surface area contributed by atoms with Crippen LogP contribution in [0.5, 0.6) is 0 Å². The maximum atomic E-state index is 12.2. The van der Waals surface area contributed by atoms with Crippen LogP contribution < -0.4 is 5.73 Å². The first-order chi connectivity index (χ1) is 7.61. The van der Waals surface area contributed by atoms with Crippen molar-refractivity contribution in [2.75, 3.05) is 32.0 Å². The van der Waals surface area contributed by atoms with Gasteiger partial charge in [-0.05, 0) is 6.92 Å². The number of aryl methyl sites for hydroxylation is 2. The zero-order valence-corrected chi connectivity index (χ0v) is 9.56. The minimum atomic E-state index is -0.0658. The van der Waals surface area contributed by atoms with Crippen LogP contribution in [-0.2, 0) is 11.8 Å². The van der Waals surface area contributed by atoms with Gasteiger partial charge in [0.15, 0.2) is 0 Å². The second-order valence-electron chi connectivity index (χ2n) is 3.88. The van der Waals surface area contributed by atoms with E-state index in [2.05, 4.69) is 5.10 Å². The first-order valence-corrected chi connectivity index (χ1v) is 5.27. The van der Waals surface area contributed by atoms with Crippen LogP contribution in [0.15, 0.2) is 0 Å². The number of nitrogen functional groups attached to an aromatic ring is 1. The summed E-state index contributed by atoms with van der Waals surface area (Å²) in [6.45, 7) is 4.20. The summed E-state index contributed by atoms with van der Waals surface area (Å²) >= 11 is 0. The molecule has 1 saturated heterocycles. The molecule has 0 saturated carbocycles. The van der Waals surface area contributed by atoms with Crippen molar-refractivity contribution in [3.8, 4) is 0 Å². The number of hydrogen-bond acceptors (Lipinski definition) is 4. The molecule has 6 heteroatoms. The average molecular weight is 224 g/mol. The molecule has 0 atom stereocenters. The molecule has 0 spiro atoms. The summed E-state index contributed by atoms with van der Waals surface area (Å²) < 4.78 is 6.75. The van der Waals surface area contributed by atoms with Crippen LogP contribution >= 0.6 is 0 Å². The lowest BCUT2D eigenvalue weighted by atomic mass is 10.2. The summed E-state index contributed by atoms with van der Waals surface area (Å²) in [7, 11) is 1.73. The maximum Gasteiger partial charge on any atom is 0.274 e. The Morgan fingerprint density at radius 3 is 2.56 bits per heavy atom. The fraction of sp³-hybridized carbons (Fsp3) is 0.600. The zero-order valence-electron chi connectivity index (χ0n) is 9.56. The summed E-state index contributed by atoms with van der Waals surface area (Å²) in [5.74, 6) is -0.0658. The number of hydrogen-bond donors (Lipinski definition) is 1. The molecule has 1 aliphatic rings. The fourth-order valence-electron chi connectivity index (χ4n) is 1.84. The minimum Gasteiger partial charge on any atom is -0.395 e. The summed E-state index contributed by atoms with van der Waals surface area (Å²) in [5, 5.41) is 4.14. The molecule has 1 fully saturated rings. The van der Waals surface area contributed by atoms with Crippen LogP contribution in [0.2, 0.25) is 0 Å². The minimum absolute atomic E-state index is 0.0658. The van der Waals surface area contributed by atoms with Crippen LogP contribution in [0.3, 0.4) is 0 Å². The lowest BCUT2D eigenvalue weighted by molar-refractivity contribution is 0.0296. The van der Waals surface area contributed by atoms with Gasteiger partial charge in [-0.25, -0.2) is 0 Å². The number of morpholine rings is 1. The summed E-state index contributed by atoms with van der Waals surface area (Å²) in [6.07, 6.45) is 0. The molecule has 16 heavy (non-hydrogen) atoms. The van der Waals surface area contributed by atoms with E-state index in [0.29, 0.717) is 43.4 Å². The highest BCUT2D eigenvalue weighted by Crippen LogP contribution is 2.17. The second-order valence-corrected chi connectivity index (χ2v) is 3.88. The van der Waals surface area contributed by atoms with Crippen molar-refractivity contribution < 1.29 is 9.53 Å². The molecule has 0 radical (unpaired) electrons. The smallest absolute Gasteiger partial charge is 0.274 e. The van der Waals surface area contributed by atoms with Gasteiger partial charge in [-0.1, -0.05) is 0 Å². The number of amides is 1. The molecular weight excluding hydrogens is 208 g/mol. The van der Waals surface area contributed by atoms with Crippen LogP contribution in [0.1, 0.15) is 16.2 Å². The molecule has 0 bridgehead atoms. The molecule has 0 aromatic carbocycles. The summed E-state index contributed by atoms with van der Waals surface area (Å²) in [6, 6.07) is 0. The summed E-state index contributed by atoms with van der Waals surface area (Å²) in [5.41, 5.74) is 7.49. The van der Waals surface area contributed by atoms with Gasteiger partial charge in [0.05, 0.1) is 24.6 Å². The maximum absolute atomic E-state index is 12.2. The quantitative estimate of drug-likeness (QED) is 0.716. The van der Waals surface area contributed by atoms with Crippen molar-refractivity contribution in [1.82, 2.24) is 14.7 Å². The molecular formula is C10H16N4O2. The van der Waals surface area contributed by atoms with Crippen molar-refractivity contribution in [2.24, 2.45) is 7.05 Å². The Morgan fingerprint density at radius 1 is 1.44 bits per heavy atom. The number of anilines is 1. The summed E-state index contributed by atoms with van der Waals surface area (Å²) in [4.78, 5) is 13.9. The Morgan fingerprint density at radius 2 is 2.06 bits per heavy atom. The molecule has 1 aliphatic heterocycles.